The third-order valence-corrected chi connectivity index (χ3v) is 4.88. The van der Waals surface area contributed by atoms with Gasteiger partial charge in [0.2, 0.25) is 5.88 Å². The minimum absolute atomic E-state index is 0.114. The van der Waals surface area contributed by atoms with Crippen LogP contribution in [-0.4, -0.2) is 45.1 Å². The van der Waals surface area contributed by atoms with E-state index in [-0.39, 0.29) is 18.6 Å². The van der Waals surface area contributed by atoms with E-state index in [1.807, 2.05) is 25.1 Å². The van der Waals surface area contributed by atoms with Gasteiger partial charge in [-0.05, 0) is 31.9 Å². The lowest BCUT2D eigenvalue weighted by atomic mass is 10.1. The van der Waals surface area contributed by atoms with Gasteiger partial charge in [0.15, 0.2) is 5.69 Å². The molecule has 9 nitrogen and oxygen atoms in total. The van der Waals surface area contributed by atoms with E-state index in [1.165, 1.54) is 0 Å². The molecule has 0 aromatic carbocycles. The SMILES string of the molecule is Cc1onc(-c2ccccn2)c1COc1cc(C(=O)NC2CCOCC2)nn1C. The molecule has 1 aliphatic rings. The Morgan fingerprint density at radius 1 is 1.34 bits per heavy atom. The standard InChI is InChI=1S/C20H23N5O4/c1-13-15(19(24-29-13)16-5-3-4-8-21-16)12-28-18-11-17(23-25(18)2)20(26)22-14-6-9-27-10-7-14/h3-5,8,11,14H,6-7,9-10,12H2,1-2H3,(H,22,26). The predicted octanol–water partition coefficient (Wildman–Crippen LogP) is 2.27. The van der Waals surface area contributed by atoms with Crippen LogP contribution in [0.2, 0.25) is 0 Å². The maximum absolute atomic E-state index is 12.5. The van der Waals surface area contributed by atoms with Crippen molar-refractivity contribution in [1.29, 1.82) is 0 Å². The molecule has 1 saturated heterocycles. The highest BCUT2D eigenvalue weighted by Gasteiger charge is 2.21. The first kappa shape index (κ1) is 19.1. The molecule has 0 saturated carbocycles. The number of amides is 1. The Labute approximate surface area is 168 Å². The van der Waals surface area contributed by atoms with Gasteiger partial charge in [-0.15, -0.1) is 0 Å². The average Bonchev–Trinajstić information content (AvgIpc) is 3.30. The van der Waals surface area contributed by atoms with Crippen LogP contribution < -0.4 is 10.1 Å². The first-order valence-electron chi connectivity index (χ1n) is 9.54. The fourth-order valence-electron chi connectivity index (χ4n) is 3.21. The molecule has 0 spiro atoms. The molecule has 9 heteroatoms. The second-order valence-corrected chi connectivity index (χ2v) is 6.92. The fourth-order valence-corrected chi connectivity index (χ4v) is 3.21. The van der Waals surface area contributed by atoms with Crippen molar-refractivity contribution in [3.05, 3.63) is 47.5 Å². The minimum atomic E-state index is -0.210. The third-order valence-electron chi connectivity index (χ3n) is 4.88. The van der Waals surface area contributed by atoms with Crippen molar-refractivity contribution in [3.8, 4) is 17.3 Å². The molecule has 29 heavy (non-hydrogen) atoms. The molecule has 0 unspecified atom stereocenters. The maximum atomic E-state index is 12.5. The van der Waals surface area contributed by atoms with Crippen LogP contribution in [0.4, 0.5) is 0 Å². The van der Waals surface area contributed by atoms with Crippen molar-refractivity contribution < 1.29 is 18.8 Å². The van der Waals surface area contributed by atoms with Crippen molar-refractivity contribution in [1.82, 2.24) is 25.2 Å². The van der Waals surface area contributed by atoms with Gasteiger partial charge >= 0.3 is 0 Å². The van der Waals surface area contributed by atoms with E-state index in [1.54, 1.807) is 24.0 Å². The molecule has 1 amide bonds. The maximum Gasteiger partial charge on any atom is 0.272 e. The molecule has 0 aliphatic carbocycles. The number of ether oxygens (including phenoxy) is 2. The largest absolute Gasteiger partial charge is 0.473 e. The van der Waals surface area contributed by atoms with Crippen LogP contribution in [0.25, 0.3) is 11.4 Å². The van der Waals surface area contributed by atoms with Crippen LogP contribution in [0.3, 0.4) is 0 Å². The first-order valence-corrected chi connectivity index (χ1v) is 9.54. The van der Waals surface area contributed by atoms with Crippen molar-refractivity contribution in [2.45, 2.75) is 32.4 Å². The number of carbonyl (C=O) groups is 1. The molecular formula is C20H23N5O4. The van der Waals surface area contributed by atoms with Gasteiger partial charge in [-0.3, -0.25) is 9.78 Å². The zero-order valence-corrected chi connectivity index (χ0v) is 16.4. The van der Waals surface area contributed by atoms with E-state index >= 15 is 0 Å². The molecular weight excluding hydrogens is 374 g/mol. The van der Waals surface area contributed by atoms with E-state index < -0.39 is 0 Å². The number of hydrogen-bond acceptors (Lipinski definition) is 7. The number of carbonyl (C=O) groups excluding carboxylic acids is 1. The number of hydrogen-bond donors (Lipinski definition) is 1. The van der Waals surface area contributed by atoms with Crippen molar-refractivity contribution >= 4 is 5.91 Å². The predicted molar refractivity (Wildman–Crippen MR) is 103 cm³/mol. The summed E-state index contributed by atoms with van der Waals surface area (Å²) >= 11 is 0. The third kappa shape index (κ3) is 4.29. The number of nitrogens with one attached hydrogen (secondary N) is 1. The molecule has 0 radical (unpaired) electrons. The molecule has 1 fully saturated rings. The Balaban J connectivity index is 1.45. The summed E-state index contributed by atoms with van der Waals surface area (Å²) in [5.41, 5.74) is 2.48. The molecule has 4 rings (SSSR count). The Bertz CT molecular complexity index is 976. The van der Waals surface area contributed by atoms with Gasteiger partial charge in [-0.2, -0.15) is 5.10 Å². The van der Waals surface area contributed by atoms with Crippen LogP contribution in [0, 0.1) is 6.92 Å². The monoisotopic (exact) mass is 397 g/mol. The van der Waals surface area contributed by atoms with Crippen molar-refractivity contribution in [2.24, 2.45) is 7.05 Å². The van der Waals surface area contributed by atoms with E-state index in [2.05, 4.69) is 20.6 Å². The van der Waals surface area contributed by atoms with Gasteiger partial charge in [0.1, 0.15) is 18.1 Å². The molecule has 0 atom stereocenters. The second-order valence-electron chi connectivity index (χ2n) is 6.92. The molecule has 3 aromatic rings. The van der Waals surface area contributed by atoms with E-state index in [0.29, 0.717) is 41.9 Å². The number of pyridine rings is 1. The highest BCUT2D eigenvalue weighted by molar-refractivity contribution is 5.92. The molecule has 0 bridgehead atoms. The van der Waals surface area contributed by atoms with E-state index in [4.69, 9.17) is 14.0 Å². The quantitative estimate of drug-likeness (QED) is 0.680. The summed E-state index contributed by atoms with van der Waals surface area (Å²) in [4.78, 5) is 16.8. The van der Waals surface area contributed by atoms with Crippen molar-refractivity contribution in [2.75, 3.05) is 13.2 Å². The molecule has 3 aromatic heterocycles. The normalized spacial score (nSPS) is 14.7. The highest BCUT2D eigenvalue weighted by atomic mass is 16.5. The van der Waals surface area contributed by atoms with E-state index in [0.717, 1.165) is 18.4 Å². The van der Waals surface area contributed by atoms with Crippen LogP contribution >= 0.6 is 0 Å². The smallest absolute Gasteiger partial charge is 0.272 e. The number of aryl methyl sites for hydroxylation is 2. The van der Waals surface area contributed by atoms with Gasteiger partial charge in [-0.1, -0.05) is 11.2 Å². The Morgan fingerprint density at radius 3 is 2.93 bits per heavy atom. The Morgan fingerprint density at radius 2 is 2.17 bits per heavy atom. The summed E-state index contributed by atoms with van der Waals surface area (Å²) in [6.07, 6.45) is 3.32. The summed E-state index contributed by atoms with van der Waals surface area (Å²) in [6.45, 7) is 3.38. The summed E-state index contributed by atoms with van der Waals surface area (Å²) in [5.74, 6) is 0.928. The number of nitrogens with zero attached hydrogens (tertiary/aromatic N) is 4. The van der Waals surface area contributed by atoms with Crippen LogP contribution in [0.5, 0.6) is 5.88 Å². The molecule has 1 aliphatic heterocycles. The number of aromatic nitrogens is 4. The van der Waals surface area contributed by atoms with E-state index in [9.17, 15) is 4.79 Å². The van der Waals surface area contributed by atoms with Gasteiger partial charge in [-0.25, -0.2) is 4.68 Å². The summed E-state index contributed by atoms with van der Waals surface area (Å²) in [5, 5.41) is 11.4. The first-order chi connectivity index (χ1) is 14.1. The lowest BCUT2D eigenvalue weighted by molar-refractivity contribution is 0.0694. The highest BCUT2D eigenvalue weighted by Crippen LogP contribution is 2.25. The Hall–Kier alpha value is -3.20. The van der Waals surface area contributed by atoms with Gasteiger partial charge in [0, 0.05) is 38.6 Å². The lowest BCUT2D eigenvalue weighted by Gasteiger charge is -2.22. The minimum Gasteiger partial charge on any atom is -0.473 e. The van der Waals surface area contributed by atoms with Crippen molar-refractivity contribution in [3.63, 3.8) is 0 Å². The lowest BCUT2D eigenvalue weighted by Crippen LogP contribution is -2.39. The topological polar surface area (TPSA) is 104 Å². The zero-order valence-electron chi connectivity index (χ0n) is 16.4. The molecule has 1 N–H and O–H groups in total. The summed E-state index contributed by atoms with van der Waals surface area (Å²) in [6, 6.07) is 7.35. The van der Waals surface area contributed by atoms with Gasteiger partial charge in [0.25, 0.3) is 5.91 Å². The zero-order chi connectivity index (χ0) is 20.2. The van der Waals surface area contributed by atoms with Crippen LogP contribution in [-0.2, 0) is 18.4 Å². The van der Waals surface area contributed by atoms with Crippen LogP contribution in [0.1, 0.15) is 34.7 Å². The van der Waals surface area contributed by atoms with Crippen LogP contribution in [0.15, 0.2) is 35.0 Å². The van der Waals surface area contributed by atoms with Gasteiger partial charge in [0.05, 0.1) is 11.3 Å². The number of rotatable bonds is 6. The summed E-state index contributed by atoms with van der Waals surface area (Å²) in [7, 11) is 1.74. The summed E-state index contributed by atoms with van der Waals surface area (Å²) < 4.78 is 18.1. The Kier molecular flexibility index (Phi) is 5.57. The fraction of sp³-hybridized carbons (Fsp3) is 0.400. The van der Waals surface area contributed by atoms with Gasteiger partial charge < -0.3 is 19.3 Å². The molecule has 4 heterocycles. The molecule has 152 valence electrons. The second kappa shape index (κ2) is 8.44. The average molecular weight is 397 g/mol.